The third-order valence-corrected chi connectivity index (χ3v) is 3.94. The van der Waals surface area contributed by atoms with E-state index in [4.69, 9.17) is 4.74 Å². The zero-order valence-corrected chi connectivity index (χ0v) is 14.1. The lowest BCUT2D eigenvalue weighted by atomic mass is 10.1. The van der Waals surface area contributed by atoms with Gasteiger partial charge < -0.3 is 14.6 Å². The lowest BCUT2D eigenvalue weighted by Gasteiger charge is -2.16. The van der Waals surface area contributed by atoms with Crippen LogP contribution in [-0.2, 0) is 22.5 Å². The van der Waals surface area contributed by atoms with Gasteiger partial charge in [-0.2, -0.15) is 0 Å². The minimum atomic E-state index is -0.111. The number of nitrogens with zero attached hydrogens (tertiary/aromatic N) is 3. The van der Waals surface area contributed by atoms with E-state index >= 15 is 0 Å². The highest BCUT2D eigenvalue weighted by Crippen LogP contribution is 2.18. The molecule has 2 rings (SSSR count). The Balaban J connectivity index is 1.72. The van der Waals surface area contributed by atoms with Crippen LogP contribution in [0.3, 0.4) is 0 Å². The predicted molar refractivity (Wildman–Crippen MR) is 84.4 cm³/mol. The van der Waals surface area contributed by atoms with Crippen molar-refractivity contribution in [1.29, 1.82) is 0 Å². The summed E-state index contributed by atoms with van der Waals surface area (Å²) in [5.74, 6) is 2.50. The molecule has 1 amide bonds. The SMILES string of the molecule is CC(C)C[C@@H](C)OCCC(=O)N[C@H](C)c1nnc2n1CCC2. The first kappa shape index (κ1) is 16.9. The van der Waals surface area contributed by atoms with Crippen LogP contribution < -0.4 is 5.32 Å². The van der Waals surface area contributed by atoms with Crippen molar-refractivity contribution in [3.05, 3.63) is 11.6 Å². The molecule has 1 N–H and O–H groups in total. The van der Waals surface area contributed by atoms with Gasteiger partial charge in [0.1, 0.15) is 5.82 Å². The summed E-state index contributed by atoms with van der Waals surface area (Å²) in [7, 11) is 0. The molecular weight excluding hydrogens is 280 g/mol. The molecule has 0 spiro atoms. The first-order chi connectivity index (χ1) is 10.5. The number of hydrogen-bond acceptors (Lipinski definition) is 4. The normalized spacial score (nSPS) is 16.6. The molecule has 0 saturated heterocycles. The molecule has 124 valence electrons. The van der Waals surface area contributed by atoms with Gasteiger partial charge in [0.05, 0.1) is 18.8 Å². The average Bonchev–Trinajstić information content (AvgIpc) is 2.99. The van der Waals surface area contributed by atoms with Crippen LogP contribution in [0.4, 0.5) is 0 Å². The average molecular weight is 308 g/mol. The topological polar surface area (TPSA) is 69.0 Å². The molecule has 0 aromatic carbocycles. The lowest BCUT2D eigenvalue weighted by molar-refractivity contribution is -0.123. The molecule has 0 saturated carbocycles. The van der Waals surface area contributed by atoms with E-state index in [1.165, 1.54) is 0 Å². The first-order valence-electron chi connectivity index (χ1n) is 8.30. The van der Waals surface area contributed by atoms with E-state index in [1.54, 1.807) is 0 Å². The minimum Gasteiger partial charge on any atom is -0.378 e. The standard InChI is InChI=1S/C16H28N4O2/c1-11(2)10-12(3)22-9-7-15(21)17-13(4)16-19-18-14-6-5-8-20(14)16/h11-13H,5-10H2,1-4H3,(H,17,21)/t12-,13-/m1/s1. The Hall–Kier alpha value is -1.43. The largest absolute Gasteiger partial charge is 0.378 e. The van der Waals surface area contributed by atoms with Gasteiger partial charge in [0.15, 0.2) is 5.82 Å². The number of fused-ring (bicyclic) bond motifs is 1. The van der Waals surface area contributed by atoms with Crippen molar-refractivity contribution in [2.24, 2.45) is 5.92 Å². The van der Waals surface area contributed by atoms with Crippen molar-refractivity contribution < 1.29 is 9.53 Å². The van der Waals surface area contributed by atoms with Gasteiger partial charge in [-0.25, -0.2) is 0 Å². The van der Waals surface area contributed by atoms with E-state index in [-0.39, 0.29) is 18.1 Å². The fourth-order valence-electron chi connectivity index (χ4n) is 2.96. The molecule has 1 aromatic heterocycles. The van der Waals surface area contributed by atoms with Crippen molar-refractivity contribution in [3.8, 4) is 0 Å². The Labute approximate surface area is 132 Å². The fraction of sp³-hybridized carbons (Fsp3) is 0.812. The van der Waals surface area contributed by atoms with Gasteiger partial charge in [0.2, 0.25) is 5.91 Å². The van der Waals surface area contributed by atoms with Crippen molar-refractivity contribution in [1.82, 2.24) is 20.1 Å². The molecule has 6 heteroatoms. The maximum Gasteiger partial charge on any atom is 0.222 e. The zero-order chi connectivity index (χ0) is 16.1. The summed E-state index contributed by atoms with van der Waals surface area (Å²) < 4.78 is 7.79. The van der Waals surface area contributed by atoms with E-state index < -0.39 is 0 Å². The summed E-state index contributed by atoms with van der Waals surface area (Å²) in [5.41, 5.74) is 0. The second-order valence-corrected chi connectivity index (χ2v) is 6.58. The number of aryl methyl sites for hydroxylation is 1. The van der Waals surface area contributed by atoms with Crippen molar-refractivity contribution in [2.75, 3.05) is 6.61 Å². The maximum absolute atomic E-state index is 12.0. The molecule has 0 aliphatic carbocycles. The zero-order valence-electron chi connectivity index (χ0n) is 14.1. The molecule has 0 bridgehead atoms. The van der Waals surface area contributed by atoms with E-state index in [9.17, 15) is 4.79 Å². The van der Waals surface area contributed by atoms with Crippen molar-refractivity contribution in [2.45, 2.75) is 72.1 Å². The number of rotatable bonds is 8. The number of nitrogens with one attached hydrogen (secondary N) is 1. The Kier molecular flexibility index (Phi) is 5.94. The minimum absolute atomic E-state index is 0.000376. The van der Waals surface area contributed by atoms with Crippen LogP contribution in [0.2, 0.25) is 0 Å². The van der Waals surface area contributed by atoms with Crippen molar-refractivity contribution >= 4 is 5.91 Å². The van der Waals surface area contributed by atoms with Gasteiger partial charge in [-0.15, -0.1) is 10.2 Å². The highest BCUT2D eigenvalue weighted by atomic mass is 16.5. The van der Waals surface area contributed by atoms with E-state index in [1.807, 2.05) is 6.92 Å². The molecule has 1 aliphatic heterocycles. The number of ether oxygens (including phenoxy) is 1. The number of hydrogen-bond donors (Lipinski definition) is 1. The maximum atomic E-state index is 12.0. The van der Waals surface area contributed by atoms with Gasteiger partial charge in [-0.1, -0.05) is 13.8 Å². The summed E-state index contributed by atoms with van der Waals surface area (Å²) in [5, 5.41) is 11.4. The number of carbonyl (C=O) groups is 1. The number of amides is 1. The summed E-state index contributed by atoms with van der Waals surface area (Å²) in [6.07, 6.45) is 3.69. The molecule has 0 fully saturated rings. The van der Waals surface area contributed by atoms with Crippen LogP contribution in [0, 0.1) is 5.92 Å². The second-order valence-electron chi connectivity index (χ2n) is 6.58. The number of aromatic nitrogens is 3. The Morgan fingerprint density at radius 1 is 1.32 bits per heavy atom. The molecule has 2 heterocycles. The monoisotopic (exact) mass is 308 g/mol. The molecule has 22 heavy (non-hydrogen) atoms. The fourth-order valence-corrected chi connectivity index (χ4v) is 2.96. The highest BCUT2D eigenvalue weighted by molar-refractivity contribution is 5.76. The van der Waals surface area contributed by atoms with E-state index in [0.29, 0.717) is 18.9 Å². The quantitative estimate of drug-likeness (QED) is 0.799. The second kappa shape index (κ2) is 7.72. The molecule has 1 aromatic rings. The molecule has 6 nitrogen and oxygen atoms in total. The lowest BCUT2D eigenvalue weighted by Crippen LogP contribution is -2.29. The summed E-state index contributed by atoms with van der Waals surface area (Å²) >= 11 is 0. The van der Waals surface area contributed by atoms with Gasteiger partial charge in [0, 0.05) is 19.4 Å². The van der Waals surface area contributed by atoms with Crippen LogP contribution in [0.1, 0.15) is 64.6 Å². The molecule has 0 radical (unpaired) electrons. The van der Waals surface area contributed by atoms with Crippen molar-refractivity contribution in [3.63, 3.8) is 0 Å². The Morgan fingerprint density at radius 2 is 2.09 bits per heavy atom. The van der Waals surface area contributed by atoms with Crippen LogP contribution >= 0.6 is 0 Å². The van der Waals surface area contributed by atoms with Crippen LogP contribution in [0.5, 0.6) is 0 Å². The van der Waals surface area contributed by atoms with Crippen LogP contribution in [0.25, 0.3) is 0 Å². The first-order valence-corrected chi connectivity index (χ1v) is 8.30. The smallest absolute Gasteiger partial charge is 0.222 e. The third-order valence-electron chi connectivity index (χ3n) is 3.94. The Bertz CT molecular complexity index is 498. The van der Waals surface area contributed by atoms with Gasteiger partial charge in [0.25, 0.3) is 0 Å². The third kappa shape index (κ3) is 4.53. The molecular formula is C16H28N4O2. The predicted octanol–water partition coefficient (Wildman–Crippen LogP) is 2.24. The highest BCUT2D eigenvalue weighted by Gasteiger charge is 2.22. The molecule has 0 unspecified atom stereocenters. The Morgan fingerprint density at radius 3 is 2.82 bits per heavy atom. The van der Waals surface area contributed by atoms with E-state index in [0.717, 1.165) is 37.5 Å². The van der Waals surface area contributed by atoms with Crippen LogP contribution in [0.15, 0.2) is 0 Å². The van der Waals surface area contributed by atoms with E-state index in [2.05, 4.69) is 40.9 Å². The van der Waals surface area contributed by atoms with Gasteiger partial charge in [-0.3, -0.25) is 4.79 Å². The molecule has 1 aliphatic rings. The summed E-state index contributed by atoms with van der Waals surface area (Å²) in [4.78, 5) is 12.0. The molecule has 2 atom stereocenters. The summed E-state index contributed by atoms with van der Waals surface area (Å²) in [6.45, 7) is 9.77. The van der Waals surface area contributed by atoms with Crippen LogP contribution in [-0.4, -0.2) is 33.4 Å². The van der Waals surface area contributed by atoms with Gasteiger partial charge >= 0.3 is 0 Å². The number of carbonyl (C=O) groups excluding carboxylic acids is 1. The van der Waals surface area contributed by atoms with Gasteiger partial charge in [-0.05, 0) is 32.6 Å². The summed E-state index contributed by atoms with van der Waals surface area (Å²) in [6, 6.07) is -0.111.